The molecular weight excluding hydrogens is 386 g/mol. The molecule has 0 aliphatic carbocycles. The van der Waals surface area contributed by atoms with E-state index in [-0.39, 0.29) is 29.2 Å². The van der Waals surface area contributed by atoms with Crippen molar-refractivity contribution < 1.29 is 14.4 Å². The van der Waals surface area contributed by atoms with Gasteiger partial charge in [0.15, 0.2) is 5.13 Å². The fourth-order valence-electron chi connectivity index (χ4n) is 3.37. The molecule has 0 spiro atoms. The Balaban J connectivity index is 1.57. The summed E-state index contributed by atoms with van der Waals surface area (Å²) >= 11 is 1.41. The smallest absolute Gasteiger partial charge is 0.261 e. The van der Waals surface area contributed by atoms with Gasteiger partial charge in [0.2, 0.25) is 0 Å². The molecule has 1 aromatic heterocycles. The number of carbonyl (C=O) groups is 3. The number of imide groups is 1. The summed E-state index contributed by atoms with van der Waals surface area (Å²) in [6.07, 6.45) is 0.936. The van der Waals surface area contributed by atoms with Crippen LogP contribution in [0.4, 0.5) is 5.13 Å². The summed E-state index contributed by atoms with van der Waals surface area (Å²) < 4.78 is 1.01. The number of hydrogen-bond acceptors (Lipinski definition) is 5. The Bertz CT molecular complexity index is 1150. The largest absolute Gasteiger partial charge is 0.298 e. The van der Waals surface area contributed by atoms with Gasteiger partial charge in [-0.1, -0.05) is 38.2 Å². The van der Waals surface area contributed by atoms with Crippen molar-refractivity contribution in [3.05, 3.63) is 58.7 Å². The van der Waals surface area contributed by atoms with E-state index in [0.717, 1.165) is 16.6 Å². The zero-order chi connectivity index (χ0) is 20.7. The van der Waals surface area contributed by atoms with Crippen LogP contribution in [-0.2, 0) is 6.42 Å². The topological polar surface area (TPSA) is 79.4 Å². The second-order valence-corrected chi connectivity index (χ2v) is 8.53. The Hall–Kier alpha value is -3.06. The monoisotopic (exact) mass is 407 g/mol. The van der Waals surface area contributed by atoms with Gasteiger partial charge in [-0.15, -0.1) is 0 Å². The molecule has 4 rings (SSSR count). The van der Waals surface area contributed by atoms with E-state index >= 15 is 0 Å². The molecule has 29 heavy (non-hydrogen) atoms. The van der Waals surface area contributed by atoms with E-state index in [4.69, 9.17) is 0 Å². The highest BCUT2D eigenvalue weighted by Crippen LogP contribution is 2.28. The molecule has 3 aromatic rings. The molecule has 0 bridgehead atoms. The summed E-state index contributed by atoms with van der Waals surface area (Å²) in [5.74, 6) is -0.832. The van der Waals surface area contributed by atoms with Crippen molar-refractivity contribution in [2.24, 2.45) is 5.92 Å². The van der Waals surface area contributed by atoms with Gasteiger partial charge in [-0.25, -0.2) is 4.98 Å². The van der Waals surface area contributed by atoms with Gasteiger partial charge in [-0.2, -0.15) is 0 Å². The molecule has 2 aromatic carbocycles. The van der Waals surface area contributed by atoms with Crippen molar-refractivity contribution in [2.45, 2.75) is 27.2 Å². The highest BCUT2D eigenvalue weighted by atomic mass is 32.1. The fraction of sp³-hybridized carbons (Fsp3) is 0.273. The number of hydrogen-bond donors (Lipinski definition) is 1. The molecule has 3 amide bonds. The predicted octanol–water partition coefficient (Wildman–Crippen LogP) is 4.36. The molecule has 0 radical (unpaired) electrons. The summed E-state index contributed by atoms with van der Waals surface area (Å²) in [7, 11) is 0. The van der Waals surface area contributed by atoms with Crippen molar-refractivity contribution in [3.8, 4) is 0 Å². The summed E-state index contributed by atoms with van der Waals surface area (Å²) in [5.41, 5.74) is 3.00. The van der Waals surface area contributed by atoms with Crippen molar-refractivity contribution in [1.82, 2.24) is 9.88 Å². The van der Waals surface area contributed by atoms with Gasteiger partial charge in [0.25, 0.3) is 17.7 Å². The first-order chi connectivity index (χ1) is 13.9. The number of aromatic nitrogens is 1. The van der Waals surface area contributed by atoms with Crippen LogP contribution in [0.1, 0.15) is 57.4 Å². The van der Waals surface area contributed by atoms with Crippen molar-refractivity contribution >= 4 is 44.4 Å². The average molecular weight is 407 g/mol. The van der Waals surface area contributed by atoms with Crippen LogP contribution in [0, 0.1) is 5.92 Å². The lowest BCUT2D eigenvalue weighted by Crippen LogP contribution is -2.33. The van der Waals surface area contributed by atoms with E-state index in [2.05, 4.69) is 23.3 Å². The lowest BCUT2D eigenvalue weighted by molar-refractivity contribution is 0.0636. The second kappa shape index (κ2) is 7.40. The van der Waals surface area contributed by atoms with Gasteiger partial charge in [-0.05, 0) is 48.2 Å². The Morgan fingerprint density at radius 3 is 2.59 bits per heavy atom. The standard InChI is InChI=1S/C22H21N3O3S/c1-4-13-5-8-17-18(9-13)29-22(23-17)24-19(26)14-6-7-15-16(10-14)21(28)25(20(15)27)11-12(2)3/h5-10,12H,4,11H2,1-3H3,(H,23,24,26). The van der Waals surface area contributed by atoms with Gasteiger partial charge in [-0.3, -0.25) is 24.6 Å². The van der Waals surface area contributed by atoms with Gasteiger partial charge in [0.05, 0.1) is 21.3 Å². The third-order valence-corrected chi connectivity index (χ3v) is 5.80. The summed E-state index contributed by atoms with van der Waals surface area (Å²) in [6, 6.07) is 10.7. The van der Waals surface area contributed by atoms with E-state index in [1.165, 1.54) is 27.9 Å². The zero-order valence-corrected chi connectivity index (χ0v) is 17.3. The molecule has 0 saturated carbocycles. The molecule has 0 atom stereocenters. The second-order valence-electron chi connectivity index (χ2n) is 7.50. The van der Waals surface area contributed by atoms with Gasteiger partial charge >= 0.3 is 0 Å². The molecule has 0 unspecified atom stereocenters. The number of nitrogens with zero attached hydrogens (tertiary/aromatic N) is 2. The molecular formula is C22H21N3O3S. The summed E-state index contributed by atoms with van der Waals surface area (Å²) in [5, 5.41) is 3.31. The number of aryl methyl sites for hydroxylation is 1. The minimum atomic E-state index is -0.356. The lowest BCUT2D eigenvalue weighted by atomic mass is 10.1. The number of nitrogens with one attached hydrogen (secondary N) is 1. The van der Waals surface area contributed by atoms with Crippen LogP contribution in [0.2, 0.25) is 0 Å². The van der Waals surface area contributed by atoms with Crippen LogP contribution in [0.5, 0.6) is 0 Å². The first-order valence-electron chi connectivity index (χ1n) is 9.58. The maximum absolute atomic E-state index is 12.7. The summed E-state index contributed by atoms with van der Waals surface area (Å²) in [4.78, 5) is 43.5. The first-order valence-corrected chi connectivity index (χ1v) is 10.4. The Labute approximate surface area is 172 Å². The maximum atomic E-state index is 12.7. The van der Waals surface area contributed by atoms with Gasteiger partial charge in [0.1, 0.15) is 0 Å². The van der Waals surface area contributed by atoms with Crippen molar-refractivity contribution in [3.63, 3.8) is 0 Å². The van der Waals surface area contributed by atoms with Crippen LogP contribution in [0.3, 0.4) is 0 Å². The van der Waals surface area contributed by atoms with Crippen LogP contribution in [0.25, 0.3) is 10.2 Å². The molecule has 148 valence electrons. The number of anilines is 1. The third-order valence-electron chi connectivity index (χ3n) is 4.86. The number of fused-ring (bicyclic) bond motifs is 2. The first kappa shape index (κ1) is 19.3. The normalized spacial score (nSPS) is 13.4. The van der Waals surface area contributed by atoms with E-state index < -0.39 is 0 Å². The quantitative estimate of drug-likeness (QED) is 0.637. The van der Waals surface area contributed by atoms with Crippen molar-refractivity contribution in [1.29, 1.82) is 0 Å². The maximum Gasteiger partial charge on any atom is 0.261 e. The number of benzene rings is 2. The van der Waals surface area contributed by atoms with Gasteiger partial charge in [0, 0.05) is 12.1 Å². The Morgan fingerprint density at radius 2 is 1.86 bits per heavy atom. The fourth-order valence-corrected chi connectivity index (χ4v) is 4.30. The van der Waals surface area contributed by atoms with Crippen molar-refractivity contribution in [2.75, 3.05) is 11.9 Å². The minimum absolute atomic E-state index is 0.173. The molecule has 2 heterocycles. The van der Waals surface area contributed by atoms with E-state index in [1.54, 1.807) is 12.1 Å². The molecule has 1 aliphatic heterocycles. The molecule has 1 N–H and O–H groups in total. The lowest BCUT2D eigenvalue weighted by Gasteiger charge is -2.15. The Morgan fingerprint density at radius 1 is 1.10 bits per heavy atom. The Kier molecular flexibility index (Phi) is 4.92. The molecule has 1 aliphatic rings. The van der Waals surface area contributed by atoms with Crippen LogP contribution in [-0.4, -0.2) is 34.2 Å². The number of amides is 3. The highest BCUT2D eigenvalue weighted by Gasteiger charge is 2.36. The molecule has 6 nitrogen and oxygen atoms in total. The van der Waals surface area contributed by atoms with E-state index in [0.29, 0.717) is 22.8 Å². The minimum Gasteiger partial charge on any atom is -0.298 e. The molecule has 0 fully saturated rings. The number of rotatable bonds is 5. The van der Waals surface area contributed by atoms with E-state index in [9.17, 15) is 14.4 Å². The predicted molar refractivity (Wildman–Crippen MR) is 114 cm³/mol. The number of thiazole rings is 1. The molecule has 0 saturated heterocycles. The highest BCUT2D eigenvalue weighted by molar-refractivity contribution is 7.22. The SMILES string of the molecule is CCc1ccc2nc(NC(=O)c3ccc4c(c3)C(=O)N(CC(C)C)C4=O)sc2c1. The molecule has 7 heteroatoms. The summed E-state index contributed by atoms with van der Waals surface area (Å²) in [6.45, 7) is 6.35. The van der Waals surface area contributed by atoms with Gasteiger partial charge < -0.3 is 0 Å². The van der Waals surface area contributed by atoms with Crippen LogP contribution in [0.15, 0.2) is 36.4 Å². The van der Waals surface area contributed by atoms with E-state index in [1.807, 2.05) is 26.0 Å². The van der Waals surface area contributed by atoms with Crippen LogP contribution < -0.4 is 5.32 Å². The zero-order valence-electron chi connectivity index (χ0n) is 16.5. The average Bonchev–Trinajstić information content (AvgIpc) is 3.20. The third kappa shape index (κ3) is 3.53. The van der Waals surface area contributed by atoms with Crippen LogP contribution >= 0.6 is 11.3 Å². The number of carbonyl (C=O) groups excluding carboxylic acids is 3.